The number of aromatic nitrogens is 1. The third-order valence-electron chi connectivity index (χ3n) is 2.90. The summed E-state index contributed by atoms with van der Waals surface area (Å²) in [6.45, 7) is 1.76. The fourth-order valence-electron chi connectivity index (χ4n) is 1.95. The first-order chi connectivity index (χ1) is 9.35. The molecule has 7 nitrogen and oxygen atoms in total. The molecule has 0 radical (unpaired) electrons. The summed E-state index contributed by atoms with van der Waals surface area (Å²) in [6.07, 6.45) is 0.337. The number of hydrogen-bond acceptors (Lipinski definition) is 5. The van der Waals surface area contributed by atoms with Gasteiger partial charge in [0.25, 0.3) is 0 Å². The lowest BCUT2D eigenvalue weighted by atomic mass is 10.2. The molecule has 2 heterocycles. The minimum atomic E-state index is -3.09. The number of pyridine rings is 1. The van der Waals surface area contributed by atoms with Crippen molar-refractivity contribution < 1.29 is 18.0 Å². The van der Waals surface area contributed by atoms with Gasteiger partial charge in [-0.1, -0.05) is 6.07 Å². The molecule has 20 heavy (non-hydrogen) atoms. The number of nitrogens with zero attached hydrogens (tertiary/aromatic N) is 1. The maximum absolute atomic E-state index is 11.7. The Morgan fingerprint density at radius 2 is 2.05 bits per heavy atom. The number of carbonyl (C=O) groups is 2. The van der Waals surface area contributed by atoms with Crippen molar-refractivity contribution in [3.8, 4) is 0 Å². The van der Waals surface area contributed by atoms with Crippen molar-refractivity contribution >= 4 is 27.5 Å². The molecule has 0 aliphatic carbocycles. The highest BCUT2D eigenvalue weighted by molar-refractivity contribution is 7.91. The lowest BCUT2D eigenvalue weighted by Crippen LogP contribution is -2.42. The van der Waals surface area contributed by atoms with Gasteiger partial charge in [0.2, 0.25) is 0 Å². The quantitative estimate of drug-likeness (QED) is 0.725. The van der Waals surface area contributed by atoms with E-state index in [-0.39, 0.29) is 17.3 Å². The molecule has 0 saturated carbocycles. The second-order valence-electron chi connectivity index (χ2n) is 4.69. The third kappa shape index (κ3) is 3.77. The van der Waals surface area contributed by atoms with Crippen LogP contribution in [-0.4, -0.2) is 42.8 Å². The number of nitrogens with one attached hydrogen (secondary N) is 2. The molecule has 1 aromatic rings. The van der Waals surface area contributed by atoms with Gasteiger partial charge >= 0.3 is 11.8 Å². The van der Waals surface area contributed by atoms with E-state index in [9.17, 15) is 18.0 Å². The van der Waals surface area contributed by atoms with E-state index >= 15 is 0 Å². The second-order valence-corrected chi connectivity index (χ2v) is 6.92. The number of rotatable bonds is 2. The Hall–Kier alpha value is -1.96. The maximum Gasteiger partial charge on any atom is 0.314 e. The van der Waals surface area contributed by atoms with Crippen molar-refractivity contribution in [3.05, 3.63) is 23.9 Å². The number of sulfone groups is 1. The summed E-state index contributed by atoms with van der Waals surface area (Å²) in [5.74, 6) is -1.50. The van der Waals surface area contributed by atoms with Crippen LogP contribution in [-0.2, 0) is 19.4 Å². The molecule has 1 atom stereocenters. The zero-order valence-corrected chi connectivity index (χ0v) is 11.7. The van der Waals surface area contributed by atoms with Crippen molar-refractivity contribution in [1.82, 2.24) is 10.3 Å². The minimum Gasteiger partial charge on any atom is -0.344 e. The van der Waals surface area contributed by atoms with E-state index in [4.69, 9.17) is 0 Å². The fraction of sp³-hybridized carbons (Fsp3) is 0.417. The molecule has 1 unspecified atom stereocenters. The molecule has 1 aliphatic rings. The normalized spacial score (nSPS) is 20.4. The summed E-state index contributed by atoms with van der Waals surface area (Å²) < 4.78 is 22.5. The molecule has 2 rings (SSSR count). The number of amides is 2. The molecule has 1 saturated heterocycles. The van der Waals surface area contributed by atoms with Crippen LogP contribution in [0.15, 0.2) is 18.2 Å². The molecule has 1 aliphatic heterocycles. The Labute approximate surface area is 116 Å². The number of aryl methyl sites for hydroxylation is 1. The van der Waals surface area contributed by atoms with E-state index in [1.807, 2.05) is 0 Å². The van der Waals surface area contributed by atoms with Gasteiger partial charge in [-0.05, 0) is 25.5 Å². The summed E-state index contributed by atoms with van der Waals surface area (Å²) in [4.78, 5) is 27.4. The Morgan fingerprint density at radius 1 is 1.30 bits per heavy atom. The Morgan fingerprint density at radius 3 is 2.65 bits per heavy atom. The summed E-state index contributed by atoms with van der Waals surface area (Å²) in [6, 6.07) is 4.54. The third-order valence-corrected chi connectivity index (χ3v) is 4.67. The number of hydrogen-bond donors (Lipinski definition) is 2. The summed E-state index contributed by atoms with van der Waals surface area (Å²) >= 11 is 0. The second kappa shape index (κ2) is 5.58. The molecular formula is C12H15N3O4S. The molecule has 1 aromatic heterocycles. The van der Waals surface area contributed by atoms with E-state index in [0.717, 1.165) is 0 Å². The highest BCUT2D eigenvalue weighted by atomic mass is 32.2. The van der Waals surface area contributed by atoms with Crippen molar-refractivity contribution in [1.29, 1.82) is 0 Å². The molecule has 0 aromatic carbocycles. The lowest BCUT2D eigenvalue weighted by molar-refractivity contribution is -0.136. The van der Waals surface area contributed by atoms with E-state index < -0.39 is 27.7 Å². The topological polar surface area (TPSA) is 105 Å². The van der Waals surface area contributed by atoms with Crippen molar-refractivity contribution in [2.24, 2.45) is 0 Å². The van der Waals surface area contributed by atoms with Crippen molar-refractivity contribution in [2.45, 2.75) is 19.4 Å². The van der Waals surface area contributed by atoms with Crippen LogP contribution in [0.4, 0.5) is 5.82 Å². The van der Waals surface area contributed by atoms with Crippen LogP contribution in [0.3, 0.4) is 0 Å². The SMILES string of the molecule is Cc1cccc(NC(=O)C(=O)NC2CCS(=O)(=O)C2)n1. The summed E-state index contributed by atoms with van der Waals surface area (Å²) in [5.41, 5.74) is 0.713. The van der Waals surface area contributed by atoms with Gasteiger partial charge in [0, 0.05) is 11.7 Å². The Bertz CT molecular complexity index is 642. The summed E-state index contributed by atoms with van der Waals surface area (Å²) in [5, 5.41) is 4.78. The first kappa shape index (κ1) is 14.4. The number of anilines is 1. The van der Waals surface area contributed by atoms with Crippen LogP contribution in [0.25, 0.3) is 0 Å². The average Bonchev–Trinajstić information content (AvgIpc) is 2.68. The molecule has 2 amide bonds. The van der Waals surface area contributed by atoms with Gasteiger partial charge in [-0.15, -0.1) is 0 Å². The van der Waals surface area contributed by atoms with Crippen LogP contribution in [0.2, 0.25) is 0 Å². The Kier molecular flexibility index (Phi) is 4.03. The summed E-state index contributed by atoms with van der Waals surface area (Å²) in [7, 11) is -3.09. The molecule has 1 fully saturated rings. The van der Waals surface area contributed by atoms with E-state index in [0.29, 0.717) is 12.1 Å². The monoisotopic (exact) mass is 297 g/mol. The lowest BCUT2D eigenvalue weighted by Gasteiger charge is -2.10. The van der Waals surface area contributed by atoms with Gasteiger partial charge < -0.3 is 10.6 Å². The fourth-order valence-corrected chi connectivity index (χ4v) is 3.62. The molecule has 2 N–H and O–H groups in total. The average molecular weight is 297 g/mol. The van der Waals surface area contributed by atoms with Gasteiger partial charge in [-0.3, -0.25) is 9.59 Å². The predicted octanol–water partition coefficient (Wildman–Crippen LogP) is -0.368. The molecule has 8 heteroatoms. The van der Waals surface area contributed by atoms with E-state index in [2.05, 4.69) is 15.6 Å². The van der Waals surface area contributed by atoms with Gasteiger partial charge in [-0.25, -0.2) is 13.4 Å². The smallest absolute Gasteiger partial charge is 0.314 e. The van der Waals surface area contributed by atoms with Crippen LogP contribution in [0.5, 0.6) is 0 Å². The highest BCUT2D eigenvalue weighted by Gasteiger charge is 2.30. The van der Waals surface area contributed by atoms with E-state index in [1.165, 1.54) is 0 Å². The van der Waals surface area contributed by atoms with Crippen LogP contribution < -0.4 is 10.6 Å². The van der Waals surface area contributed by atoms with Gasteiger partial charge in [0.05, 0.1) is 11.5 Å². The zero-order chi connectivity index (χ0) is 14.8. The maximum atomic E-state index is 11.7. The minimum absolute atomic E-state index is 0.0407. The molecular weight excluding hydrogens is 282 g/mol. The standard InChI is InChI=1S/C12H15N3O4S/c1-8-3-2-4-10(13-8)15-12(17)11(16)14-9-5-6-20(18,19)7-9/h2-4,9H,5-7H2,1H3,(H,14,16)(H,13,15,17). The van der Waals surface area contributed by atoms with Crippen LogP contribution >= 0.6 is 0 Å². The van der Waals surface area contributed by atoms with Crippen molar-refractivity contribution in [2.75, 3.05) is 16.8 Å². The Balaban J connectivity index is 1.91. The zero-order valence-electron chi connectivity index (χ0n) is 10.9. The number of carbonyl (C=O) groups excluding carboxylic acids is 2. The van der Waals surface area contributed by atoms with Crippen LogP contribution in [0, 0.1) is 6.92 Å². The highest BCUT2D eigenvalue weighted by Crippen LogP contribution is 2.11. The molecule has 0 bridgehead atoms. The molecule has 108 valence electrons. The van der Waals surface area contributed by atoms with E-state index in [1.54, 1.807) is 25.1 Å². The predicted molar refractivity (Wildman–Crippen MR) is 72.8 cm³/mol. The van der Waals surface area contributed by atoms with Crippen molar-refractivity contribution in [3.63, 3.8) is 0 Å². The van der Waals surface area contributed by atoms with Gasteiger partial charge in [0.15, 0.2) is 9.84 Å². The first-order valence-corrected chi connectivity index (χ1v) is 7.94. The first-order valence-electron chi connectivity index (χ1n) is 6.12. The van der Waals surface area contributed by atoms with Gasteiger partial charge in [-0.2, -0.15) is 0 Å². The van der Waals surface area contributed by atoms with Crippen LogP contribution in [0.1, 0.15) is 12.1 Å². The van der Waals surface area contributed by atoms with Gasteiger partial charge in [0.1, 0.15) is 5.82 Å². The largest absolute Gasteiger partial charge is 0.344 e. The molecule has 0 spiro atoms.